The summed E-state index contributed by atoms with van der Waals surface area (Å²) in [5, 5.41) is 8.82. The van der Waals surface area contributed by atoms with Gasteiger partial charge in [0.05, 0.1) is 5.92 Å². The highest BCUT2D eigenvalue weighted by Gasteiger charge is 2.28. The van der Waals surface area contributed by atoms with Crippen molar-refractivity contribution in [1.29, 1.82) is 0 Å². The number of rotatable bonds is 1. The van der Waals surface area contributed by atoms with E-state index >= 15 is 0 Å². The molecule has 2 rings (SSSR count). The van der Waals surface area contributed by atoms with Crippen LogP contribution in [0.25, 0.3) is 0 Å². The van der Waals surface area contributed by atoms with E-state index < -0.39 is 5.97 Å². The molecule has 1 atom stereocenters. The van der Waals surface area contributed by atoms with E-state index in [1.807, 2.05) is 6.07 Å². The molecule has 1 unspecified atom stereocenters. The second-order valence-electron chi connectivity index (χ2n) is 3.28. The molecule has 5 heteroatoms. The third-order valence-corrected chi connectivity index (χ3v) is 2.45. The third-order valence-electron chi connectivity index (χ3n) is 2.45. The molecule has 76 valence electrons. The van der Waals surface area contributed by atoms with Gasteiger partial charge in [-0.2, -0.15) is 0 Å². The zero-order valence-electron chi connectivity index (χ0n) is 7.43. The Morgan fingerprint density at radius 1 is 1.57 bits per heavy atom. The Morgan fingerprint density at radius 3 is 2.86 bits per heavy atom. The average Bonchev–Trinajstić information content (AvgIpc) is 2.49. The molecule has 0 radical (unpaired) electrons. The van der Waals surface area contributed by atoms with E-state index in [2.05, 4.69) is 4.98 Å². The number of nitrogen functional groups attached to an aromatic ring is 1. The second-order valence-corrected chi connectivity index (χ2v) is 3.28. The first-order chi connectivity index (χ1) is 6.18. The molecule has 1 aliphatic carbocycles. The van der Waals surface area contributed by atoms with Crippen LogP contribution >= 0.6 is 12.4 Å². The maximum absolute atomic E-state index is 10.7. The number of aliphatic carboxylic acids is 1. The summed E-state index contributed by atoms with van der Waals surface area (Å²) in [4.78, 5) is 14.6. The number of nitrogens with two attached hydrogens (primary N) is 1. The average molecular weight is 215 g/mol. The zero-order valence-corrected chi connectivity index (χ0v) is 8.25. The van der Waals surface area contributed by atoms with Crippen LogP contribution in [-0.2, 0) is 17.6 Å². The van der Waals surface area contributed by atoms with Gasteiger partial charge in [0, 0.05) is 6.20 Å². The molecule has 0 saturated heterocycles. The highest BCUT2D eigenvalue weighted by molar-refractivity contribution is 5.85. The summed E-state index contributed by atoms with van der Waals surface area (Å²) in [7, 11) is 0. The smallest absolute Gasteiger partial charge is 0.307 e. The number of carboxylic acid groups (broad SMARTS) is 1. The summed E-state index contributed by atoms with van der Waals surface area (Å²) in [6.45, 7) is 0. The fraction of sp³-hybridized carbons (Fsp3) is 0.333. The van der Waals surface area contributed by atoms with Gasteiger partial charge in [-0.3, -0.25) is 4.79 Å². The second kappa shape index (κ2) is 3.84. The quantitative estimate of drug-likeness (QED) is 0.728. The fourth-order valence-corrected chi connectivity index (χ4v) is 1.74. The highest BCUT2D eigenvalue weighted by atomic mass is 35.5. The molecule has 0 saturated carbocycles. The zero-order chi connectivity index (χ0) is 9.42. The minimum absolute atomic E-state index is 0. The Balaban J connectivity index is 0.000000980. The van der Waals surface area contributed by atoms with Gasteiger partial charge in [-0.05, 0) is 30.0 Å². The summed E-state index contributed by atoms with van der Waals surface area (Å²) >= 11 is 0. The van der Waals surface area contributed by atoms with Crippen molar-refractivity contribution < 1.29 is 9.90 Å². The van der Waals surface area contributed by atoms with Crippen molar-refractivity contribution in [1.82, 2.24) is 4.98 Å². The van der Waals surface area contributed by atoms with Crippen molar-refractivity contribution in [3.8, 4) is 0 Å². The first kappa shape index (κ1) is 10.8. The minimum atomic E-state index is -0.754. The normalized spacial score (nSPS) is 18.4. The number of anilines is 1. The number of halogens is 1. The molecule has 0 amide bonds. The third kappa shape index (κ3) is 1.65. The Kier molecular flexibility index (Phi) is 2.96. The molecule has 0 aromatic carbocycles. The van der Waals surface area contributed by atoms with Gasteiger partial charge in [-0.15, -0.1) is 12.4 Å². The largest absolute Gasteiger partial charge is 0.481 e. The molecule has 0 aliphatic heterocycles. The maximum atomic E-state index is 10.7. The number of carboxylic acids is 1. The predicted molar refractivity (Wildman–Crippen MR) is 54.4 cm³/mol. The van der Waals surface area contributed by atoms with E-state index in [0.29, 0.717) is 18.7 Å². The Hall–Kier alpha value is -1.29. The van der Waals surface area contributed by atoms with Gasteiger partial charge in [0.15, 0.2) is 0 Å². The predicted octanol–water partition coefficient (Wildman–Crippen LogP) is 0.885. The number of hydrogen-bond donors (Lipinski definition) is 2. The summed E-state index contributed by atoms with van der Waals surface area (Å²) in [5.74, 6) is -0.599. The lowest BCUT2D eigenvalue weighted by atomic mass is 10.1. The van der Waals surface area contributed by atoms with Crippen LogP contribution in [0.5, 0.6) is 0 Å². The molecular formula is C9H11ClN2O2. The number of pyridine rings is 1. The van der Waals surface area contributed by atoms with Gasteiger partial charge < -0.3 is 10.8 Å². The van der Waals surface area contributed by atoms with Crippen molar-refractivity contribution in [3.05, 3.63) is 23.4 Å². The lowest BCUT2D eigenvalue weighted by molar-refractivity contribution is -0.141. The maximum Gasteiger partial charge on any atom is 0.307 e. The van der Waals surface area contributed by atoms with E-state index in [1.54, 1.807) is 6.20 Å². The van der Waals surface area contributed by atoms with Crippen molar-refractivity contribution in [2.75, 3.05) is 5.73 Å². The molecule has 0 spiro atoms. The first-order valence-electron chi connectivity index (χ1n) is 4.13. The number of fused-ring (bicyclic) bond motifs is 1. The summed E-state index contributed by atoms with van der Waals surface area (Å²) in [5.41, 5.74) is 7.57. The van der Waals surface area contributed by atoms with E-state index in [9.17, 15) is 4.79 Å². The number of aromatic nitrogens is 1. The summed E-state index contributed by atoms with van der Waals surface area (Å²) in [6.07, 6.45) is 2.72. The number of nitrogens with zero attached hydrogens (tertiary/aromatic N) is 1. The SMILES string of the molecule is Cl.Nc1nccc2c1CC(C(=O)O)C2. The van der Waals surface area contributed by atoms with E-state index in [-0.39, 0.29) is 18.3 Å². The molecule has 0 bridgehead atoms. The van der Waals surface area contributed by atoms with Crippen molar-refractivity contribution in [2.45, 2.75) is 12.8 Å². The lowest BCUT2D eigenvalue weighted by Crippen LogP contribution is -2.13. The summed E-state index contributed by atoms with van der Waals surface area (Å²) < 4.78 is 0. The minimum Gasteiger partial charge on any atom is -0.481 e. The van der Waals surface area contributed by atoms with Gasteiger partial charge in [-0.1, -0.05) is 0 Å². The molecule has 14 heavy (non-hydrogen) atoms. The Morgan fingerprint density at radius 2 is 2.29 bits per heavy atom. The van der Waals surface area contributed by atoms with Crippen molar-refractivity contribution >= 4 is 24.2 Å². The van der Waals surface area contributed by atoms with Crippen LogP contribution in [0.2, 0.25) is 0 Å². The monoisotopic (exact) mass is 214 g/mol. The van der Waals surface area contributed by atoms with Crippen LogP contribution in [0.3, 0.4) is 0 Å². The number of carbonyl (C=O) groups is 1. The first-order valence-corrected chi connectivity index (χ1v) is 4.13. The van der Waals surface area contributed by atoms with Crippen molar-refractivity contribution in [3.63, 3.8) is 0 Å². The van der Waals surface area contributed by atoms with Crippen molar-refractivity contribution in [2.24, 2.45) is 5.92 Å². The van der Waals surface area contributed by atoms with Gasteiger partial charge in [0.25, 0.3) is 0 Å². The van der Waals surface area contributed by atoms with Gasteiger partial charge >= 0.3 is 5.97 Å². The van der Waals surface area contributed by atoms with Crippen LogP contribution in [0.15, 0.2) is 12.3 Å². The van der Waals surface area contributed by atoms with Gasteiger partial charge in [-0.25, -0.2) is 4.98 Å². The topological polar surface area (TPSA) is 76.2 Å². The van der Waals surface area contributed by atoms with Crippen LogP contribution < -0.4 is 5.73 Å². The Labute approximate surface area is 87.6 Å². The van der Waals surface area contributed by atoms with Gasteiger partial charge in [0.2, 0.25) is 0 Å². The molecule has 1 aliphatic rings. The van der Waals surface area contributed by atoms with Crippen LogP contribution in [0, 0.1) is 5.92 Å². The van der Waals surface area contributed by atoms with Gasteiger partial charge in [0.1, 0.15) is 5.82 Å². The van der Waals surface area contributed by atoms with Crippen LogP contribution in [0.4, 0.5) is 5.82 Å². The van der Waals surface area contributed by atoms with Crippen LogP contribution in [0.1, 0.15) is 11.1 Å². The highest BCUT2D eigenvalue weighted by Crippen LogP contribution is 2.29. The fourth-order valence-electron chi connectivity index (χ4n) is 1.74. The molecule has 1 aromatic rings. The van der Waals surface area contributed by atoms with Crippen LogP contribution in [-0.4, -0.2) is 16.1 Å². The molecule has 0 fully saturated rings. The molecule has 1 heterocycles. The van der Waals surface area contributed by atoms with E-state index in [4.69, 9.17) is 10.8 Å². The molecule has 1 aromatic heterocycles. The van der Waals surface area contributed by atoms with E-state index in [1.165, 1.54) is 0 Å². The Bertz CT molecular complexity index is 368. The standard InChI is InChI=1S/C9H10N2O2.ClH/c10-8-7-4-6(9(12)13)3-5(7)1-2-11-8;/h1-2,6H,3-4H2,(H2,10,11)(H,12,13);1H. The number of hydrogen-bond acceptors (Lipinski definition) is 3. The summed E-state index contributed by atoms with van der Waals surface area (Å²) in [6, 6.07) is 1.84. The van der Waals surface area contributed by atoms with E-state index in [0.717, 1.165) is 11.1 Å². The molecule has 4 nitrogen and oxygen atoms in total. The molecule has 3 N–H and O–H groups in total. The lowest BCUT2D eigenvalue weighted by Gasteiger charge is -2.00. The molecular weight excluding hydrogens is 204 g/mol.